The molecule has 0 heterocycles. The van der Waals surface area contributed by atoms with Gasteiger partial charge in [0.25, 0.3) is 0 Å². The van der Waals surface area contributed by atoms with Gasteiger partial charge in [-0.25, -0.2) is 15.1 Å². The molecule has 0 bridgehead atoms. The number of rotatable bonds is 3. The predicted octanol–water partition coefficient (Wildman–Crippen LogP) is 1.72. The van der Waals surface area contributed by atoms with Crippen LogP contribution >= 0.6 is 0 Å². The second kappa shape index (κ2) is 4.12. The van der Waals surface area contributed by atoms with Crippen molar-refractivity contribution in [3.8, 4) is 0 Å². The Bertz CT molecular complexity index is 134. The molecular weight excluding hydrogens is 148 g/mol. The Labute approximate surface area is 64.9 Å². The molecule has 1 fully saturated rings. The van der Waals surface area contributed by atoms with Crippen LogP contribution in [-0.4, -0.2) is 11.1 Å². The van der Waals surface area contributed by atoms with Crippen LogP contribution in [0.15, 0.2) is 0 Å². The zero-order valence-electron chi connectivity index (χ0n) is 6.28. The molecule has 1 aliphatic rings. The van der Waals surface area contributed by atoms with E-state index in [9.17, 15) is 5.21 Å². The van der Waals surface area contributed by atoms with Gasteiger partial charge in [0.1, 0.15) is 0 Å². The van der Waals surface area contributed by atoms with Gasteiger partial charge in [0.05, 0.1) is 6.10 Å². The van der Waals surface area contributed by atoms with Crippen molar-refractivity contribution in [3.05, 3.63) is 5.21 Å². The van der Waals surface area contributed by atoms with Gasteiger partial charge in [0, 0.05) is 5.53 Å². The monoisotopic (exact) mass is 160 g/mol. The maximum absolute atomic E-state index is 9.92. The van der Waals surface area contributed by atoms with Gasteiger partial charge >= 0.3 is 0 Å². The van der Waals surface area contributed by atoms with Crippen molar-refractivity contribution in [2.75, 3.05) is 0 Å². The average Bonchev–Trinajstić information content (AvgIpc) is 2.03. The SMILES string of the molecule is N=[N+]([O-])OOC1CCCCC1. The first-order valence-corrected chi connectivity index (χ1v) is 3.81. The largest absolute Gasteiger partial charge is 0.234 e. The van der Waals surface area contributed by atoms with Crippen LogP contribution in [0.4, 0.5) is 0 Å². The second-order valence-electron chi connectivity index (χ2n) is 2.69. The molecule has 64 valence electrons. The minimum Gasteiger partial charge on any atom is -0.234 e. The van der Waals surface area contributed by atoms with Crippen molar-refractivity contribution in [1.82, 2.24) is 0 Å². The number of nitrogens with zero attached hydrogens (tertiary/aromatic N) is 1. The molecule has 0 aromatic carbocycles. The van der Waals surface area contributed by atoms with Gasteiger partial charge in [-0.15, -0.1) is 0 Å². The van der Waals surface area contributed by atoms with Gasteiger partial charge in [0.15, 0.2) is 5.02 Å². The lowest BCUT2D eigenvalue weighted by Crippen LogP contribution is -2.18. The smallest absolute Gasteiger partial charge is 0.189 e. The first kappa shape index (κ1) is 8.26. The molecule has 0 radical (unpaired) electrons. The van der Waals surface area contributed by atoms with E-state index in [1.165, 1.54) is 6.42 Å². The minimum absolute atomic E-state index is 0.00514. The third kappa shape index (κ3) is 3.18. The Morgan fingerprint density at radius 2 is 1.91 bits per heavy atom. The lowest BCUT2D eigenvalue weighted by atomic mass is 9.98. The van der Waals surface area contributed by atoms with Gasteiger partial charge in [-0.05, 0) is 12.8 Å². The molecule has 11 heavy (non-hydrogen) atoms. The van der Waals surface area contributed by atoms with Crippen molar-refractivity contribution < 1.29 is 14.9 Å². The van der Waals surface area contributed by atoms with Crippen LogP contribution in [0.5, 0.6) is 0 Å². The molecule has 0 aliphatic heterocycles. The Balaban J connectivity index is 2.09. The fourth-order valence-corrected chi connectivity index (χ4v) is 1.26. The summed E-state index contributed by atoms with van der Waals surface area (Å²) in [5.74, 6) is 0. The lowest BCUT2D eigenvalue weighted by molar-refractivity contribution is -0.893. The van der Waals surface area contributed by atoms with E-state index in [0.29, 0.717) is 0 Å². The first-order valence-electron chi connectivity index (χ1n) is 3.81. The third-order valence-electron chi connectivity index (χ3n) is 1.80. The molecule has 0 amide bonds. The number of hydrogen-bond donors (Lipinski definition) is 1. The number of nitrogens with one attached hydrogen (secondary N) is 1. The molecule has 5 nitrogen and oxygen atoms in total. The molecule has 0 unspecified atom stereocenters. The van der Waals surface area contributed by atoms with E-state index in [-0.39, 0.29) is 6.10 Å². The molecular formula is C6H12N2O3. The summed E-state index contributed by atoms with van der Waals surface area (Å²) in [5.41, 5.74) is 6.33. The zero-order valence-corrected chi connectivity index (χ0v) is 6.28. The van der Waals surface area contributed by atoms with Gasteiger partial charge < -0.3 is 0 Å². The highest BCUT2D eigenvalue weighted by atomic mass is 17.3. The van der Waals surface area contributed by atoms with Crippen LogP contribution in [0.3, 0.4) is 0 Å². The van der Waals surface area contributed by atoms with Crippen LogP contribution in [0.1, 0.15) is 32.1 Å². The maximum atomic E-state index is 9.92. The van der Waals surface area contributed by atoms with Crippen LogP contribution in [0.25, 0.3) is 0 Å². The Morgan fingerprint density at radius 1 is 1.27 bits per heavy atom. The van der Waals surface area contributed by atoms with E-state index in [0.717, 1.165) is 25.7 Å². The van der Waals surface area contributed by atoms with Crippen molar-refractivity contribution in [2.24, 2.45) is 0 Å². The maximum Gasteiger partial charge on any atom is 0.189 e. The van der Waals surface area contributed by atoms with E-state index in [1.54, 1.807) is 0 Å². The lowest BCUT2D eigenvalue weighted by Gasteiger charge is -2.20. The zero-order chi connectivity index (χ0) is 8.10. The predicted molar refractivity (Wildman–Crippen MR) is 35.4 cm³/mol. The second-order valence-corrected chi connectivity index (χ2v) is 2.69. The summed E-state index contributed by atoms with van der Waals surface area (Å²) in [6.07, 6.45) is 5.31. The van der Waals surface area contributed by atoms with Gasteiger partial charge in [-0.1, -0.05) is 19.3 Å². The van der Waals surface area contributed by atoms with Crippen LogP contribution in [-0.2, 0) is 9.88 Å². The highest BCUT2D eigenvalue weighted by Gasteiger charge is 2.14. The molecule has 0 saturated heterocycles. The van der Waals surface area contributed by atoms with E-state index >= 15 is 0 Å². The molecule has 1 N–H and O–H groups in total. The normalized spacial score (nSPS) is 19.6. The Kier molecular flexibility index (Phi) is 3.10. The summed E-state index contributed by atoms with van der Waals surface area (Å²) in [6.45, 7) is 0. The third-order valence-corrected chi connectivity index (χ3v) is 1.80. The summed E-state index contributed by atoms with van der Waals surface area (Å²) in [5, 5.41) is 9.50. The van der Waals surface area contributed by atoms with Gasteiger partial charge in [0.2, 0.25) is 0 Å². The minimum atomic E-state index is -0.422. The van der Waals surface area contributed by atoms with Crippen LogP contribution < -0.4 is 0 Å². The summed E-state index contributed by atoms with van der Waals surface area (Å²) in [7, 11) is 0. The molecule has 0 spiro atoms. The summed E-state index contributed by atoms with van der Waals surface area (Å²) in [6, 6.07) is 0. The fourth-order valence-electron chi connectivity index (χ4n) is 1.26. The molecule has 5 heteroatoms. The van der Waals surface area contributed by atoms with E-state index in [1.807, 2.05) is 0 Å². The summed E-state index contributed by atoms with van der Waals surface area (Å²) < 4.78 is 0. The molecule has 0 aromatic rings. The average molecular weight is 160 g/mol. The van der Waals surface area contributed by atoms with Gasteiger partial charge in [-0.2, -0.15) is 0 Å². The Morgan fingerprint density at radius 3 is 2.45 bits per heavy atom. The molecule has 1 rings (SSSR count). The van der Waals surface area contributed by atoms with Crippen LogP contribution in [0.2, 0.25) is 0 Å². The topological polar surface area (TPSA) is 68.4 Å². The van der Waals surface area contributed by atoms with Crippen LogP contribution in [0, 0.1) is 10.7 Å². The summed E-state index contributed by atoms with van der Waals surface area (Å²) >= 11 is 0. The quantitative estimate of drug-likeness (QED) is 0.388. The Hall–Kier alpha value is -0.840. The molecule has 1 saturated carbocycles. The van der Waals surface area contributed by atoms with E-state index in [4.69, 9.17) is 5.53 Å². The highest BCUT2D eigenvalue weighted by molar-refractivity contribution is 4.62. The van der Waals surface area contributed by atoms with Crippen molar-refractivity contribution >= 4 is 0 Å². The fraction of sp³-hybridized carbons (Fsp3) is 1.00. The highest BCUT2D eigenvalue weighted by Crippen LogP contribution is 2.20. The summed E-state index contributed by atoms with van der Waals surface area (Å²) in [4.78, 5) is 8.70. The van der Waals surface area contributed by atoms with E-state index < -0.39 is 5.02 Å². The molecule has 0 atom stereocenters. The van der Waals surface area contributed by atoms with E-state index in [2.05, 4.69) is 9.88 Å². The molecule has 0 aromatic heterocycles. The first-order chi connectivity index (χ1) is 5.29. The molecule has 1 aliphatic carbocycles. The van der Waals surface area contributed by atoms with Crippen molar-refractivity contribution in [1.29, 1.82) is 5.53 Å². The van der Waals surface area contributed by atoms with Gasteiger partial charge in [-0.3, -0.25) is 0 Å². The van der Waals surface area contributed by atoms with Crippen molar-refractivity contribution in [3.63, 3.8) is 0 Å². The van der Waals surface area contributed by atoms with Crippen molar-refractivity contribution in [2.45, 2.75) is 38.2 Å². The standard InChI is InChI=1S/C6H12N2O3/c7-8(9)11-10-6-4-2-1-3-5-6/h6-7H,1-5H2. The number of hydrogen-bond acceptors (Lipinski definition) is 4.